The van der Waals surface area contributed by atoms with Crippen LogP contribution in [0.3, 0.4) is 0 Å². The van der Waals surface area contributed by atoms with Crippen LogP contribution in [0.2, 0.25) is 0 Å². The molecule has 0 aliphatic carbocycles. The molecular weight excluding hydrogens is 282 g/mol. The van der Waals surface area contributed by atoms with E-state index in [0.29, 0.717) is 24.2 Å². The van der Waals surface area contributed by atoms with Gasteiger partial charge in [-0.2, -0.15) is 5.10 Å². The molecule has 0 fully saturated rings. The first-order valence-corrected chi connectivity index (χ1v) is 7.93. The number of sulfonamides is 1. The van der Waals surface area contributed by atoms with Crippen molar-refractivity contribution in [2.45, 2.75) is 45.4 Å². The van der Waals surface area contributed by atoms with Gasteiger partial charge in [-0.25, -0.2) is 13.1 Å². The van der Waals surface area contributed by atoms with Crippen molar-refractivity contribution in [3.8, 4) is 0 Å². The lowest BCUT2D eigenvalue weighted by atomic mass is 9.83. The molecule has 114 valence electrons. The van der Waals surface area contributed by atoms with E-state index in [1.165, 1.54) is 0 Å². The van der Waals surface area contributed by atoms with Crippen molar-refractivity contribution in [1.82, 2.24) is 14.9 Å². The Bertz CT molecular complexity index is 568. The molecule has 20 heavy (non-hydrogen) atoms. The second-order valence-corrected chi connectivity index (χ2v) is 6.58. The molecule has 8 heteroatoms. The fraction of sp³-hybridized carbons (Fsp3) is 0.667. The van der Waals surface area contributed by atoms with E-state index in [4.69, 9.17) is 0 Å². The second-order valence-electron chi connectivity index (χ2n) is 4.88. The number of carbonyl (C=O) groups is 1. The first-order valence-electron chi connectivity index (χ1n) is 6.44. The summed E-state index contributed by atoms with van der Waals surface area (Å²) in [5.41, 5.74) is -0.286. The van der Waals surface area contributed by atoms with Gasteiger partial charge in [0.15, 0.2) is 0 Å². The number of rotatable bonds is 7. The Morgan fingerprint density at radius 1 is 1.35 bits per heavy atom. The molecule has 1 rings (SSSR count). The molecule has 1 aromatic heterocycles. The Kier molecular flexibility index (Phi) is 4.93. The van der Waals surface area contributed by atoms with Crippen LogP contribution in [0.15, 0.2) is 4.90 Å². The lowest BCUT2D eigenvalue weighted by Crippen LogP contribution is -2.42. The molecule has 0 saturated carbocycles. The first kappa shape index (κ1) is 16.6. The van der Waals surface area contributed by atoms with Gasteiger partial charge in [0.05, 0.1) is 16.8 Å². The van der Waals surface area contributed by atoms with Crippen molar-refractivity contribution in [3.63, 3.8) is 0 Å². The highest BCUT2D eigenvalue weighted by Gasteiger charge is 2.36. The largest absolute Gasteiger partial charge is 0.481 e. The molecule has 0 amide bonds. The summed E-state index contributed by atoms with van der Waals surface area (Å²) in [5.74, 6) is -0.995. The van der Waals surface area contributed by atoms with Gasteiger partial charge in [0, 0.05) is 6.54 Å². The Balaban J connectivity index is 3.02. The van der Waals surface area contributed by atoms with Crippen LogP contribution in [0, 0.1) is 19.3 Å². The van der Waals surface area contributed by atoms with Gasteiger partial charge >= 0.3 is 5.97 Å². The number of nitrogens with zero attached hydrogens (tertiary/aromatic N) is 1. The SMILES string of the molecule is CCC(CC)(CNS(=O)(=O)c1c(C)n[nH]c1C)C(=O)O. The monoisotopic (exact) mass is 303 g/mol. The zero-order chi connectivity index (χ0) is 15.6. The third-order valence-electron chi connectivity index (χ3n) is 3.74. The molecule has 1 heterocycles. The van der Waals surface area contributed by atoms with Gasteiger partial charge in [0.2, 0.25) is 10.0 Å². The predicted octanol–water partition coefficient (Wildman–Crippen LogP) is 1.20. The summed E-state index contributed by atoms with van der Waals surface area (Å²) in [7, 11) is -3.77. The summed E-state index contributed by atoms with van der Waals surface area (Å²) in [4.78, 5) is 11.5. The van der Waals surface area contributed by atoms with Gasteiger partial charge in [-0.15, -0.1) is 0 Å². The average molecular weight is 303 g/mol. The number of aromatic amines is 1. The molecule has 0 aliphatic rings. The maximum atomic E-state index is 12.3. The second kappa shape index (κ2) is 5.92. The van der Waals surface area contributed by atoms with E-state index in [1.807, 2.05) is 0 Å². The summed E-state index contributed by atoms with van der Waals surface area (Å²) in [6.07, 6.45) is 0.704. The Hall–Kier alpha value is -1.41. The lowest BCUT2D eigenvalue weighted by molar-refractivity contribution is -0.149. The van der Waals surface area contributed by atoms with Crippen LogP contribution in [-0.4, -0.2) is 36.2 Å². The van der Waals surface area contributed by atoms with Crippen LogP contribution in [0.4, 0.5) is 0 Å². The quantitative estimate of drug-likeness (QED) is 0.700. The van der Waals surface area contributed by atoms with Crippen molar-refractivity contribution in [3.05, 3.63) is 11.4 Å². The first-order chi connectivity index (χ1) is 9.20. The van der Waals surface area contributed by atoms with Crippen LogP contribution in [-0.2, 0) is 14.8 Å². The molecule has 0 unspecified atom stereocenters. The third-order valence-corrected chi connectivity index (χ3v) is 5.40. The van der Waals surface area contributed by atoms with E-state index < -0.39 is 21.4 Å². The Morgan fingerprint density at radius 2 is 1.90 bits per heavy atom. The van der Waals surface area contributed by atoms with Crippen molar-refractivity contribution in [2.75, 3.05) is 6.54 Å². The Morgan fingerprint density at radius 3 is 2.25 bits per heavy atom. The summed E-state index contributed by atoms with van der Waals surface area (Å²) in [6.45, 7) is 6.53. The molecule has 3 N–H and O–H groups in total. The zero-order valence-corrected chi connectivity index (χ0v) is 13.0. The maximum absolute atomic E-state index is 12.3. The summed E-state index contributed by atoms with van der Waals surface area (Å²) in [5, 5.41) is 15.8. The van der Waals surface area contributed by atoms with Crippen LogP contribution < -0.4 is 4.72 Å². The molecule has 7 nitrogen and oxygen atoms in total. The van der Waals surface area contributed by atoms with Crippen molar-refractivity contribution >= 4 is 16.0 Å². The van der Waals surface area contributed by atoms with Gasteiger partial charge in [-0.3, -0.25) is 9.89 Å². The standard InChI is InChI=1S/C12H21N3O4S/c1-5-12(6-2,11(16)17)7-13-20(18,19)10-8(3)14-15-9(10)4/h13H,5-7H2,1-4H3,(H,14,15)(H,16,17). The number of hydrogen-bond donors (Lipinski definition) is 3. The summed E-state index contributed by atoms with van der Waals surface area (Å²) >= 11 is 0. The highest BCUT2D eigenvalue weighted by Crippen LogP contribution is 2.27. The minimum Gasteiger partial charge on any atom is -0.481 e. The molecule has 0 aromatic carbocycles. The van der Waals surface area contributed by atoms with E-state index >= 15 is 0 Å². The number of aliphatic carboxylic acids is 1. The van der Waals surface area contributed by atoms with Crippen LogP contribution >= 0.6 is 0 Å². The highest BCUT2D eigenvalue weighted by atomic mass is 32.2. The molecule has 0 saturated heterocycles. The number of nitrogens with one attached hydrogen (secondary N) is 2. The van der Waals surface area contributed by atoms with E-state index in [0.717, 1.165) is 0 Å². The number of aryl methyl sites for hydroxylation is 2. The van der Waals surface area contributed by atoms with E-state index in [-0.39, 0.29) is 11.4 Å². The maximum Gasteiger partial charge on any atom is 0.310 e. The highest BCUT2D eigenvalue weighted by molar-refractivity contribution is 7.89. The van der Waals surface area contributed by atoms with Gasteiger partial charge < -0.3 is 5.11 Å². The lowest BCUT2D eigenvalue weighted by Gasteiger charge is -2.26. The van der Waals surface area contributed by atoms with Gasteiger partial charge in [-0.05, 0) is 26.7 Å². The van der Waals surface area contributed by atoms with Crippen LogP contribution in [0.5, 0.6) is 0 Å². The number of aromatic nitrogens is 2. The topological polar surface area (TPSA) is 112 Å². The molecule has 0 atom stereocenters. The van der Waals surface area contributed by atoms with Crippen molar-refractivity contribution in [1.29, 1.82) is 0 Å². The molecule has 0 spiro atoms. The summed E-state index contributed by atoms with van der Waals surface area (Å²) in [6, 6.07) is 0. The fourth-order valence-corrected chi connectivity index (χ4v) is 3.61. The van der Waals surface area contributed by atoms with E-state index in [1.54, 1.807) is 27.7 Å². The minimum atomic E-state index is -3.77. The van der Waals surface area contributed by atoms with Crippen LogP contribution in [0.25, 0.3) is 0 Å². The van der Waals surface area contributed by atoms with E-state index in [9.17, 15) is 18.3 Å². The molecular formula is C12H21N3O4S. The predicted molar refractivity (Wildman–Crippen MR) is 73.9 cm³/mol. The molecule has 0 aliphatic heterocycles. The smallest absolute Gasteiger partial charge is 0.310 e. The number of H-pyrrole nitrogens is 1. The minimum absolute atomic E-state index is 0.0870. The average Bonchev–Trinajstić information content (AvgIpc) is 2.71. The zero-order valence-electron chi connectivity index (χ0n) is 12.1. The van der Waals surface area contributed by atoms with Gasteiger partial charge in [0.1, 0.15) is 4.90 Å². The van der Waals surface area contributed by atoms with Crippen molar-refractivity contribution < 1.29 is 18.3 Å². The molecule has 0 radical (unpaired) electrons. The normalized spacial score (nSPS) is 12.6. The molecule has 0 bridgehead atoms. The number of hydrogen-bond acceptors (Lipinski definition) is 4. The number of carboxylic acids is 1. The summed E-state index contributed by atoms with van der Waals surface area (Å²) < 4.78 is 26.9. The molecule has 1 aromatic rings. The van der Waals surface area contributed by atoms with Gasteiger partial charge in [-0.1, -0.05) is 13.8 Å². The van der Waals surface area contributed by atoms with Gasteiger partial charge in [0.25, 0.3) is 0 Å². The number of carboxylic acid groups (broad SMARTS) is 1. The van der Waals surface area contributed by atoms with E-state index in [2.05, 4.69) is 14.9 Å². The van der Waals surface area contributed by atoms with Crippen molar-refractivity contribution in [2.24, 2.45) is 5.41 Å². The van der Waals surface area contributed by atoms with Crippen LogP contribution in [0.1, 0.15) is 38.1 Å². The fourth-order valence-electron chi connectivity index (χ4n) is 2.12. The third kappa shape index (κ3) is 3.01. The Labute approximate surface area is 118 Å².